The van der Waals surface area contributed by atoms with Crippen LogP contribution in [0.2, 0.25) is 0 Å². The number of pyridine rings is 1. The summed E-state index contributed by atoms with van der Waals surface area (Å²) in [5.41, 5.74) is 3.46. The Bertz CT molecular complexity index is 1420. The summed E-state index contributed by atoms with van der Waals surface area (Å²) in [4.78, 5) is 26.4. The molecule has 9 heteroatoms. The molecule has 7 nitrogen and oxygen atoms in total. The number of hydrogen-bond donors (Lipinski definition) is 1. The summed E-state index contributed by atoms with van der Waals surface area (Å²) in [7, 11) is 0.792. The Morgan fingerprint density at radius 2 is 1.71 bits per heavy atom. The number of aromatic nitrogens is 1. The molecule has 0 bridgehead atoms. The minimum atomic E-state index is -1.38. The lowest BCUT2D eigenvalue weighted by molar-refractivity contribution is 0.103. The first-order valence-electron chi connectivity index (χ1n) is 12.4. The van der Waals surface area contributed by atoms with E-state index in [0.717, 1.165) is 5.56 Å². The number of methoxy groups -OCH3 is 1. The first-order chi connectivity index (χ1) is 17.8. The van der Waals surface area contributed by atoms with E-state index < -0.39 is 32.6 Å². The van der Waals surface area contributed by atoms with Gasteiger partial charge in [-0.2, -0.15) is 0 Å². The number of carbonyl (C=O) groups is 1. The van der Waals surface area contributed by atoms with E-state index in [2.05, 4.69) is 4.72 Å². The van der Waals surface area contributed by atoms with E-state index in [-0.39, 0.29) is 11.3 Å². The average Bonchev–Trinajstić information content (AvgIpc) is 2.88. The lowest BCUT2D eigenvalue weighted by atomic mass is 9.89. The smallest absolute Gasteiger partial charge is 0.250 e. The molecule has 0 spiro atoms. The van der Waals surface area contributed by atoms with Crippen LogP contribution in [0.3, 0.4) is 0 Å². The van der Waals surface area contributed by atoms with E-state index in [9.17, 15) is 18.0 Å². The fourth-order valence-electron chi connectivity index (χ4n) is 3.92. The summed E-state index contributed by atoms with van der Waals surface area (Å²) >= 11 is 0. The predicted molar refractivity (Wildman–Crippen MR) is 155 cm³/mol. The fraction of sp³-hybridized carbons (Fsp3) is 0.379. The van der Waals surface area contributed by atoms with Crippen molar-refractivity contribution >= 4 is 27.6 Å². The topological polar surface area (TPSA) is 94.5 Å². The van der Waals surface area contributed by atoms with Crippen molar-refractivity contribution in [2.75, 3.05) is 12.9 Å². The van der Waals surface area contributed by atoms with E-state index in [0.29, 0.717) is 45.1 Å². The molecule has 0 amide bonds. The zero-order chi connectivity index (χ0) is 28.2. The van der Waals surface area contributed by atoms with Gasteiger partial charge in [-0.25, -0.2) is 8.93 Å². The monoisotopic (exact) mass is 556 g/mol. The highest BCUT2D eigenvalue weighted by molar-refractivity contribution is 7.84. The number of ketones is 1. The van der Waals surface area contributed by atoms with Crippen LogP contribution in [0.1, 0.15) is 67.7 Å². The first-order valence-corrected chi connectivity index (χ1v) is 15.0. The molecule has 2 unspecified atom stereocenters. The number of benzene rings is 2. The molecule has 3 rings (SSSR count). The van der Waals surface area contributed by atoms with Gasteiger partial charge in [0.2, 0.25) is 0 Å². The van der Waals surface area contributed by atoms with Crippen molar-refractivity contribution < 1.29 is 17.9 Å². The van der Waals surface area contributed by atoms with Gasteiger partial charge in [0.1, 0.15) is 5.75 Å². The molecular weight excluding hydrogens is 520 g/mol. The number of aryl methyl sites for hydroxylation is 1. The number of hydrogen-bond acceptors (Lipinski definition) is 5. The Morgan fingerprint density at radius 3 is 2.29 bits per heavy atom. The van der Waals surface area contributed by atoms with Crippen LogP contribution in [0.5, 0.6) is 5.75 Å². The lowest BCUT2D eigenvalue weighted by Gasteiger charge is -2.24. The molecule has 3 atom stereocenters. The summed E-state index contributed by atoms with van der Waals surface area (Å²) in [6.07, 6.45) is 1.70. The molecule has 1 heterocycles. The summed E-state index contributed by atoms with van der Waals surface area (Å²) < 4.78 is 34.6. The lowest BCUT2D eigenvalue weighted by Crippen LogP contribution is -2.35. The number of carbonyl (C=O) groups excluding carboxylic acids is 1. The van der Waals surface area contributed by atoms with Gasteiger partial charge in [-0.15, -0.1) is 0 Å². The normalized spacial score (nSPS) is 14.1. The third kappa shape index (κ3) is 6.95. The predicted octanol–water partition coefficient (Wildman–Crippen LogP) is 4.67. The maximum Gasteiger partial charge on any atom is 0.250 e. The first kappa shape index (κ1) is 29.7. The van der Waals surface area contributed by atoms with Crippen LogP contribution in [0.15, 0.2) is 59.5 Å². The van der Waals surface area contributed by atoms with Crippen LogP contribution in [-0.4, -0.2) is 36.4 Å². The summed E-state index contributed by atoms with van der Waals surface area (Å²) in [6.45, 7) is 9.33. The molecular formula is C29H36N2O5S2. The maximum atomic E-state index is 13.7. The summed E-state index contributed by atoms with van der Waals surface area (Å²) in [6, 6.07) is 13.4. The van der Waals surface area contributed by atoms with Crippen molar-refractivity contribution in [3.8, 4) is 16.9 Å². The van der Waals surface area contributed by atoms with Crippen molar-refractivity contribution in [2.45, 2.75) is 51.2 Å². The third-order valence-electron chi connectivity index (χ3n) is 6.19. The van der Waals surface area contributed by atoms with Crippen molar-refractivity contribution in [2.24, 2.45) is 7.05 Å². The van der Waals surface area contributed by atoms with Crippen molar-refractivity contribution in [3.63, 3.8) is 0 Å². The standard InChI is InChI=1S/C29H36N2O5S2/c1-8-37(34)18-20-9-14-23(28(33)21-10-12-22(36-7)13-11-21)25(15-20)26-17-31(6)27(32)16-24(26)19(2)30-38(35)29(3,4)5/h9-17,19,30H,8,18H2,1-7H3/t19?,37?,38-/m0/s1. The second-order valence-electron chi connectivity index (χ2n) is 10.1. The van der Waals surface area contributed by atoms with E-state index in [4.69, 9.17) is 4.74 Å². The van der Waals surface area contributed by atoms with Crippen LogP contribution in [0, 0.1) is 0 Å². The van der Waals surface area contributed by atoms with Crippen LogP contribution in [0.25, 0.3) is 11.1 Å². The summed E-state index contributed by atoms with van der Waals surface area (Å²) in [5, 5.41) is 0. The number of nitrogens with zero attached hydrogens (tertiary/aromatic N) is 1. The van der Waals surface area contributed by atoms with Crippen molar-refractivity contribution in [1.82, 2.24) is 9.29 Å². The highest BCUT2D eigenvalue weighted by atomic mass is 32.2. The van der Waals surface area contributed by atoms with Gasteiger partial charge in [0.05, 0.1) is 22.8 Å². The molecule has 38 heavy (non-hydrogen) atoms. The van der Waals surface area contributed by atoms with Gasteiger partial charge in [0.25, 0.3) is 5.56 Å². The van der Waals surface area contributed by atoms with Crippen LogP contribution in [-0.2, 0) is 34.6 Å². The van der Waals surface area contributed by atoms with Crippen LogP contribution in [0.4, 0.5) is 0 Å². The van der Waals surface area contributed by atoms with Gasteiger partial charge in [-0.1, -0.05) is 19.1 Å². The van der Waals surface area contributed by atoms with E-state index in [1.165, 1.54) is 10.6 Å². The Balaban J connectivity index is 2.23. The molecule has 0 saturated heterocycles. The molecule has 204 valence electrons. The van der Waals surface area contributed by atoms with E-state index in [1.54, 1.807) is 50.7 Å². The molecule has 0 aliphatic rings. The molecule has 0 saturated carbocycles. The van der Waals surface area contributed by atoms with Crippen molar-refractivity contribution in [1.29, 1.82) is 0 Å². The second-order valence-corrected chi connectivity index (χ2v) is 13.9. The van der Waals surface area contributed by atoms with Crippen LogP contribution >= 0.6 is 0 Å². The maximum absolute atomic E-state index is 13.7. The van der Waals surface area contributed by atoms with Crippen molar-refractivity contribution in [3.05, 3.63) is 87.3 Å². The molecule has 0 fully saturated rings. The molecule has 0 radical (unpaired) electrons. The average molecular weight is 557 g/mol. The van der Waals surface area contributed by atoms with E-state index in [1.807, 2.05) is 46.8 Å². The van der Waals surface area contributed by atoms with Gasteiger partial charge in [0.15, 0.2) is 5.78 Å². The molecule has 0 aliphatic heterocycles. The van der Waals surface area contributed by atoms with Gasteiger partial charge < -0.3 is 9.30 Å². The third-order valence-corrected chi connectivity index (χ3v) is 9.17. The Morgan fingerprint density at radius 1 is 1.05 bits per heavy atom. The van der Waals surface area contributed by atoms with E-state index >= 15 is 0 Å². The molecule has 0 aliphatic carbocycles. The van der Waals surface area contributed by atoms with Gasteiger partial charge in [-0.3, -0.25) is 13.8 Å². The fourth-order valence-corrected chi connectivity index (χ4v) is 5.47. The molecule has 1 N–H and O–H groups in total. The molecule has 2 aromatic carbocycles. The Kier molecular flexibility index (Phi) is 9.62. The van der Waals surface area contributed by atoms with Gasteiger partial charge in [0, 0.05) is 64.3 Å². The Hall–Kier alpha value is -2.88. The minimum absolute atomic E-state index is 0.190. The highest BCUT2D eigenvalue weighted by Crippen LogP contribution is 2.33. The van der Waals surface area contributed by atoms with Gasteiger partial charge >= 0.3 is 0 Å². The highest BCUT2D eigenvalue weighted by Gasteiger charge is 2.25. The number of rotatable bonds is 10. The SMILES string of the molecule is CCS(=O)Cc1ccc(C(=O)c2ccc(OC)cc2)c(-c2cn(C)c(=O)cc2C(C)N[S@@](=O)C(C)(C)C)c1. The Labute approximate surface area is 229 Å². The quantitative estimate of drug-likeness (QED) is 0.366. The summed E-state index contributed by atoms with van der Waals surface area (Å²) in [5.74, 6) is 1.33. The molecule has 1 aromatic heterocycles. The largest absolute Gasteiger partial charge is 0.497 e. The number of nitrogens with one attached hydrogen (secondary N) is 1. The van der Waals surface area contributed by atoms with Gasteiger partial charge in [-0.05, 0) is 74.7 Å². The zero-order valence-corrected chi connectivity index (χ0v) is 24.6. The second kappa shape index (κ2) is 12.3. The minimum Gasteiger partial charge on any atom is -0.497 e. The zero-order valence-electron chi connectivity index (χ0n) is 23.0. The molecule has 3 aromatic rings. The number of ether oxygens (including phenoxy) is 1. The van der Waals surface area contributed by atoms with Crippen LogP contribution < -0.4 is 15.0 Å².